The van der Waals surface area contributed by atoms with Gasteiger partial charge in [-0.05, 0) is 75.9 Å². The Balaban J connectivity index is 0. The zero-order valence-electron chi connectivity index (χ0n) is 25.4. The predicted octanol–water partition coefficient (Wildman–Crippen LogP) is 5.71. The van der Waals surface area contributed by atoms with Crippen molar-refractivity contribution in [2.75, 3.05) is 17.3 Å². The third-order valence-electron chi connectivity index (χ3n) is 5.97. The number of halogens is 2. The van der Waals surface area contributed by atoms with Gasteiger partial charge < -0.3 is 30.8 Å². The molecule has 228 valence electrons. The number of carbonyl (C=O) groups excluding carboxylic acids is 1. The minimum Gasteiger partial charge on any atom is -0.474 e. The monoisotopic (exact) mass is 808 g/mol. The van der Waals surface area contributed by atoms with Crippen LogP contribution in [0.5, 0.6) is 0 Å². The Hall–Kier alpha value is -2.88. The molecule has 0 aliphatic heterocycles. The fourth-order valence-electron chi connectivity index (χ4n) is 3.53. The van der Waals surface area contributed by atoms with Crippen molar-refractivity contribution in [1.82, 2.24) is 9.97 Å². The van der Waals surface area contributed by atoms with Crippen molar-refractivity contribution < 1.29 is 49.8 Å². The van der Waals surface area contributed by atoms with Crippen LogP contribution in [0.1, 0.15) is 77.1 Å². The molecule has 0 saturated heterocycles. The quantitative estimate of drug-likeness (QED) is 0.248. The van der Waals surface area contributed by atoms with E-state index >= 15 is 0 Å². The Labute approximate surface area is 272 Å². The van der Waals surface area contributed by atoms with Crippen LogP contribution in [0.4, 0.5) is 20.3 Å². The average Bonchev–Trinajstić information content (AvgIpc) is 2.91. The second kappa shape index (κ2) is 20.9. The Bertz CT molecular complexity index is 1170. The molecule has 1 aromatic heterocycles. The topological polar surface area (TPSA) is 152 Å². The van der Waals surface area contributed by atoms with E-state index < -0.39 is 17.4 Å². The maximum Gasteiger partial charge on any atom is 0.250 e. The van der Waals surface area contributed by atoms with E-state index in [1.165, 1.54) is 31.3 Å². The predicted molar refractivity (Wildman–Crippen MR) is 158 cm³/mol. The Morgan fingerprint density at radius 2 is 1.93 bits per heavy atom. The number of benzene rings is 1. The van der Waals surface area contributed by atoms with Gasteiger partial charge in [0, 0.05) is 75.3 Å². The maximum absolute atomic E-state index is 12.7. The number of nitrogens with zero attached hydrogens (tertiary/aromatic N) is 5. The summed E-state index contributed by atoms with van der Waals surface area (Å²) in [6.07, 6.45) is 10.3. The number of hydrogen-bond donors (Lipinski definition) is 3. The Kier molecular flexibility index (Phi) is 20.5. The van der Waals surface area contributed by atoms with Crippen molar-refractivity contribution in [3.63, 3.8) is 0 Å². The Morgan fingerprint density at radius 1 is 1.31 bits per heavy atom. The number of nitrogens with one attached hydrogen (secondary N) is 1. The fourth-order valence-corrected chi connectivity index (χ4v) is 3.53. The van der Waals surface area contributed by atoms with Crippen LogP contribution in [-0.4, -0.2) is 40.5 Å². The number of aryl methyl sites for hydroxylation is 1. The summed E-state index contributed by atoms with van der Waals surface area (Å²) in [7, 11) is 2.00. The minimum absolute atomic E-state index is 0. The first-order valence-electron chi connectivity index (χ1n) is 13.2. The number of hydrogen-bond acceptors (Lipinski definition) is 8. The van der Waals surface area contributed by atoms with Gasteiger partial charge in [0.2, 0.25) is 0 Å². The van der Waals surface area contributed by atoms with Crippen molar-refractivity contribution in [2.45, 2.75) is 84.8 Å². The van der Waals surface area contributed by atoms with Gasteiger partial charge in [0.1, 0.15) is 5.60 Å². The van der Waals surface area contributed by atoms with Crippen LogP contribution in [0.25, 0.3) is 0 Å². The van der Waals surface area contributed by atoms with Crippen LogP contribution in [0.15, 0.2) is 42.9 Å². The molecule has 0 radical (unpaired) electrons. The molecule has 0 bridgehead atoms. The number of aromatic nitrogens is 2. The largest absolute Gasteiger partial charge is 0.474 e. The number of amides is 1. The molecule has 42 heavy (non-hydrogen) atoms. The van der Waals surface area contributed by atoms with E-state index in [4.69, 9.17) is 16.3 Å². The summed E-state index contributed by atoms with van der Waals surface area (Å²) < 4.78 is 25.4. The summed E-state index contributed by atoms with van der Waals surface area (Å²) in [5.41, 5.74) is 7.91. The summed E-state index contributed by atoms with van der Waals surface area (Å²) in [6, 6.07) is 9.63. The molecule has 4 N–H and O–H groups in total. The average molecular weight is 809 g/mol. The van der Waals surface area contributed by atoms with Crippen LogP contribution < -0.4 is 16.0 Å². The molecule has 1 heterocycles. The summed E-state index contributed by atoms with van der Waals surface area (Å²) in [4.78, 5) is 19.7. The first kappa shape index (κ1) is 41.3. The van der Waals surface area contributed by atoms with Crippen LogP contribution >= 0.6 is 0 Å². The fraction of sp³-hybridized carbons (Fsp3) is 0.500. The normalized spacial score (nSPS) is 16.7. The molecule has 9 nitrogen and oxygen atoms in total. The molecule has 1 amide bonds. The molecule has 3 rings (SSSR count). The summed E-state index contributed by atoms with van der Waals surface area (Å²) in [5, 5.41) is 27.9. The number of alkyl halides is 2. The number of nitrogens with two attached hydrogens (primary N) is 1. The van der Waals surface area contributed by atoms with Gasteiger partial charge in [-0.1, -0.05) is 26.0 Å². The first-order chi connectivity index (χ1) is 19.2. The molecule has 1 aliphatic rings. The third-order valence-corrected chi connectivity index (χ3v) is 5.97. The van der Waals surface area contributed by atoms with E-state index in [9.17, 15) is 18.7 Å². The van der Waals surface area contributed by atoms with Gasteiger partial charge in [-0.3, -0.25) is 4.98 Å². The van der Waals surface area contributed by atoms with E-state index in [2.05, 4.69) is 34.4 Å². The van der Waals surface area contributed by atoms with Crippen molar-refractivity contribution >= 4 is 17.9 Å². The molecular formula is C30H42F2N7O2U-. The zero-order valence-corrected chi connectivity index (χ0v) is 29.6. The third kappa shape index (κ3) is 15.9. The molecule has 1 aromatic carbocycles. The molecule has 2 aromatic rings. The number of rotatable bonds is 6. The summed E-state index contributed by atoms with van der Waals surface area (Å²) in [5.74, 6) is -2.69. The van der Waals surface area contributed by atoms with Crippen LogP contribution in [0.3, 0.4) is 0 Å². The molecule has 2 atom stereocenters. The van der Waals surface area contributed by atoms with Gasteiger partial charge in [0.05, 0.1) is 29.8 Å². The number of nitriles is 2. The van der Waals surface area contributed by atoms with Gasteiger partial charge in [-0.2, -0.15) is 10.5 Å². The van der Waals surface area contributed by atoms with Crippen molar-refractivity contribution in [3.8, 4) is 12.1 Å². The molecule has 1 saturated carbocycles. The van der Waals surface area contributed by atoms with E-state index in [0.29, 0.717) is 29.9 Å². The number of allylic oxidation sites excluding steroid dienone is 1. The Morgan fingerprint density at radius 3 is 2.36 bits per heavy atom. The summed E-state index contributed by atoms with van der Waals surface area (Å²) >= 11 is 0. The van der Waals surface area contributed by atoms with Gasteiger partial charge in [-0.15, -0.1) is 0 Å². The second-order valence-electron chi connectivity index (χ2n) is 10.0. The van der Waals surface area contributed by atoms with E-state index in [1.54, 1.807) is 26.8 Å². The molecule has 1 aliphatic carbocycles. The smallest absolute Gasteiger partial charge is 0.250 e. The number of anilines is 2. The standard InChI is InChI=1S/C13H16N2.C8H10N3O2.C7H13F2N.C2H3N.U/c1-4-5-8-15(3)13-9-12(10-14)7-6-11(13)2;1-8(2,13)6-3-10-7(4-9-6)11-5-12;1-5-4-6(10)2-3-7(5,8)9;1-2-3;/h5-9H,4H2,1-3H3;3-4,13H,1-2H3,(H,10,11,12);5-6H,2-4,10H2,1H3;1H3;/q;-1;;;/b8-5-;;;;. The van der Waals surface area contributed by atoms with Crippen LogP contribution in [0, 0.1) is 66.6 Å². The summed E-state index contributed by atoms with van der Waals surface area (Å²) in [6.45, 7) is 10.4. The maximum atomic E-state index is 12.7. The van der Waals surface area contributed by atoms with Gasteiger partial charge in [-0.25, -0.2) is 8.78 Å². The van der Waals surface area contributed by atoms with Crippen molar-refractivity contribution in [3.05, 3.63) is 59.7 Å². The molecule has 0 spiro atoms. The van der Waals surface area contributed by atoms with Gasteiger partial charge >= 0.3 is 0 Å². The SMILES string of the molecule is CC#N.CC(C)(O)c1cnc(N[C-]=O)cn1.CC/C=C\N(C)c1cc(C#N)ccc1C.CC1CC(N)CCC1(F)F.[U]. The van der Waals surface area contributed by atoms with E-state index in [1.807, 2.05) is 43.3 Å². The minimum atomic E-state index is -2.46. The van der Waals surface area contributed by atoms with Crippen LogP contribution in [-0.2, 0) is 10.4 Å². The number of aliphatic hydroxyl groups is 1. The van der Waals surface area contributed by atoms with E-state index in [0.717, 1.165) is 12.1 Å². The molecule has 1 fully saturated rings. The zero-order chi connectivity index (χ0) is 31.6. The van der Waals surface area contributed by atoms with Gasteiger partial charge in [0.25, 0.3) is 5.92 Å². The van der Waals surface area contributed by atoms with Crippen molar-refractivity contribution in [1.29, 1.82) is 10.5 Å². The van der Waals surface area contributed by atoms with Gasteiger partial charge in [0.15, 0.2) is 0 Å². The molecular weight excluding hydrogens is 766 g/mol. The van der Waals surface area contributed by atoms with Crippen molar-refractivity contribution in [2.24, 2.45) is 11.7 Å². The molecule has 12 heteroatoms. The second-order valence-corrected chi connectivity index (χ2v) is 10.0. The van der Waals surface area contributed by atoms with E-state index in [-0.39, 0.29) is 43.6 Å². The molecule has 2 unspecified atom stereocenters. The van der Waals surface area contributed by atoms with Crippen LogP contribution in [0.2, 0.25) is 0 Å². The first-order valence-corrected chi connectivity index (χ1v) is 13.2.